The van der Waals surface area contributed by atoms with E-state index in [1.807, 2.05) is 0 Å². The molecule has 2 heterocycles. The molecule has 2 rings (SSSR count). The number of thiophene rings is 1. The van der Waals surface area contributed by atoms with Gasteiger partial charge in [-0.2, -0.15) is 13.2 Å². The van der Waals surface area contributed by atoms with Crippen molar-refractivity contribution in [3.05, 3.63) is 21.4 Å². The molecule has 0 saturated carbocycles. The first kappa shape index (κ1) is 9.95. The molecule has 0 fully saturated rings. The summed E-state index contributed by atoms with van der Waals surface area (Å²) in [5, 5.41) is 4.12. The fourth-order valence-corrected chi connectivity index (χ4v) is 2.71. The van der Waals surface area contributed by atoms with Crippen molar-refractivity contribution in [3.63, 3.8) is 0 Å². The van der Waals surface area contributed by atoms with E-state index in [-0.39, 0.29) is 5.56 Å². The normalized spacial score (nSPS) is 22.1. The lowest BCUT2D eigenvalue weighted by Crippen LogP contribution is -2.33. The summed E-state index contributed by atoms with van der Waals surface area (Å²) in [6.45, 7) is 0.899. The number of nitrogens with one attached hydrogen (secondary N) is 1. The molecule has 1 atom stereocenters. The zero-order chi connectivity index (χ0) is 10.3. The minimum Gasteiger partial charge on any atom is -0.323 e. The number of nitrogens with two attached hydrogens (primary N) is 1. The molecule has 3 N–H and O–H groups in total. The number of halogens is 3. The van der Waals surface area contributed by atoms with Crippen LogP contribution in [-0.2, 0) is 12.7 Å². The number of alkyl halides is 3. The maximum Gasteiger partial charge on any atom is 0.417 e. The Kier molecular flexibility index (Phi) is 2.29. The van der Waals surface area contributed by atoms with E-state index in [0.717, 1.165) is 16.7 Å². The molecule has 1 aromatic heterocycles. The molecular formula is C8H9F3N2S. The van der Waals surface area contributed by atoms with Crippen molar-refractivity contribution in [2.45, 2.75) is 18.8 Å². The van der Waals surface area contributed by atoms with Gasteiger partial charge in [0.1, 0.15) is 0 Å². The van der Waals surface area contributed by atoms with Gasteiger partial charge in [0, 0.05) is 29.4 Å². The zero-order valence-corrected chi connectivity index (χ0v) is 8.00. The Morgan fingerprint density at radius 3 is 2.86 bits per heavy atom. The number of fused-ring (bicyclic) bond motifs is 1. The fraction of sp³-hybridized carbons (Fsp3) is 0.500. The summed E-state index contributed by atoms with van der Waals surface area (Å²) in [6, 6.07) is -0.540. The van der Waals surface area contributed by atoms with Crippen LogP contribution in [0.3, 0.4) is 0 Å². The van der Waals surface area contributed by atoms with Crippen molar-refractivity contribution in [3.8, 4) is 0 Å². The maximum absolute atomic E-state index is 12.5. The summed E-state index contributed by atoms with van der Waals surface area (Å²) in [6.07, 6.45) is -4.28. The molecule has 0 amide bonds. The molecule has 1 aromatic rings. The molecule has 78 valence electrons. The molecule has 0 aromatic carbocycles. The smallest absolute Gasteiger partial charge is 0.323 e. The van der Waals surface area contributed by atoms with Crippen LogP contribution in [0.2, 0.25) is 0 Å². The lowest BCUT2D eigenvalue weighted by molar-refractivity contribution is -0.138. The lowest BCUT2D eigenvalue weighted by Gasteiger charge is -2.22. The standard InChI is InChI=1S/C8H9F3N2S/c9-8(10,11)4-3-14-6-2-13-1-5(12)7(4)6/h3,5,13H,1-2,12H2. The Hall–Kier alpha value is -0.590. The second-order valence-electron chi connectivity index (χ2n) is 3.22. The average molecular weight is 222 g/mol. The summed E-state index contributed by atoms with van der Waals surface area (Å²) in [5.41, 5.74) is 5.35. The van der Waals surface area contributed by atoms with Gasteiger partial charge in [0.15, 0.2) is 0 Å². The van der Waals surface area contributed by atoms with Gasteiger partial charge in [-0.1, -0.05) is 0 Å². The van der Waals surface area contributed by atoms with Gasteiger partial charge in [0.05, 0.1) is 5.56 Å². The van der Waals surface area contributed by atoms with Crippen LogP contribution in [-0.4, -0.2) is 6.54 Å². The SMILES string of the molecule is NC1CNCc2scc(C(F)(F)F)c21. The van der Waals surface area contributed by atoms with Crippen molar-refractivity contribution in [2.24, 2.45) is 5.73 Å². The van der Waals surface area contributed by atoms with Gasteiger partial charge < -0.3 is 11.1 Å². The van der Waals surface area contributed by atoms with Crippen molar-refractivity contribution in [1.29, 1.82) is 0 Å². The third-order valence-electron chi connectivity index (χ3n) is 2.24. The maximum atomic E-state index is 12.5. The third-order valence-corrected chi connectivity index (χ3v) is 3.24. The molecular weight excluding hydrogens is 213 g/mol. The van der Waals surface area contributed by atoms with Crippen LogP contribution in [0.5, 0.6) is 0 Å². The van der Waals surface area contributed by atoms with Crippen LogP contribution in [0, 0.1) is 0 Å². The van der Waals surface area contributed by atoms with Crippen LogP contribution >= 0.6 is 11.3 Å². The summed E-state index contributed by atoms with van der Waals surface area (Å²) in [7, 11) is 0. The molecule has 14 heavy (non-hydrogen) atoms. The van der Waals surface area contributed by atoms with Crippen LogP contribution in [0.25, 0.3) is 0 Å². The molecule has 0 bridgehead atoms. The van der Waals surface area contributed by atoms with E-state index in [1.54, 1.807) is 0 Å². The van der Waals surface area contributed by atoms with E-state index >= 15 is 0 Å². The predicted molar refractivity (Wildman–Crippen MR) is 48.0 cm³/mol. The molecule has 0 aliphatic carbocycles. The molecule has 0 radical (unpaired) electrons. The van der Waals surface area contributed by atoms with Gasteiger partial charge in [-0.25, -0.2) is 0 Å². The molecule has 0 spiro atoms. The summed E-state index contributed by atoms with van der Waals surface area (Å²) < 4.78 is 37.5. The zero-order valence-electron chi connectivity index (χ0n) is 7.19. The van der Waals surface area contributed by atoms with Gasteiger partial charge in [0.25, 0.3) is 0 Å². The molecule has 1 aliphatic rings. The Bertz CT molecular complexity index is 345. The highest BCUT2D eigenvalue weighted by Gasteiger charge is 2.38. The van der Waals surface area contributed by atoms with Crippen LogP contribution < -0.4 is 11.1 Å². The van der Waals surface area contributed by atoms with E-state index in [2.05, 4.69) is 5.32 Å². The first-order chi connectivity index (χ1) is 6.50. The lowest BCUT2D eigenvalue weighted by atomic mass is 10.0. The Labute approximate surface area is 82.9 Å². The van der Waals surface area contributed by atoms with E-state index < -0.39 is 17.8 Å². The van der Waals surface area contributed by atoms with E-state index in [9.17, 15) is 13.2 Å². The van der Waals surface area contributed by atoms with E-state index in [0.29, 0.717) is 18.0 Å². The average Bonchev–Trinajstić information content (AvgIpc) is 2.47. The second kappa shape index (κ2) is 3.22. The summed E-state index contributed by atoms with van der Waals surface area (Å²) in [5.74, 6) is 0. The molecule has 2 nitrogen and oxygen atoms in total. The Morgan fingerprint density at radius 1 is 1.50 bits per heavy atom. The summed E-state index contributed by atoms with van der Waals surface area (Å²) in [4.78, 5) is 0.705. The minimum atomic E-state index is -4.28. The monoisotopic (exact) mass is 222 g/mol. The minimum absolute atomic E-state index is 0.279. The molecule has 6 heteroatoms. The van der Waals surface area contributed by atoms with Crippen molar-refractivity contribution >= 4 is 11.3 Å². The van der Waals surface area contributed by atoms with Crippen LogP contribution in [0.1, 0.15) is 22.0 Å². The van der Waals surface area contributed by atoms with Crippen LogP contribution in [0.4, 0.5) is 13.2 Å². The van der Waals surface area contributed by atoms with Crippen molar-refractivity contribution in [2.75, 3.05) is 6.54 Å². The molecule has 1 unspecified atom stereocenters. The van der Waals surface area contributed by atoms with Gasteiger partial charge in [-0.15, -0.1) is 11.3 Å². The van der Waals surface area contributed by atoms with Crippen molar-refractivity contribution in [1.82, 2.24) is 5.32 Å². The topological polar surface area (TPSA) is 38.0 Å². The predicted octanol–water partition coefficient (Wildman–Crippen LogP) is 1.87. The quantitative estimate of drug-likeness (QED) is 0.703. The Balaban J connectivity index is 2.49. The highest BCUT2D eigenvalue weighted by molar-refractivity contribution is 7.10. The highest BCUT2D eigenvalue weighted by Crippen LogP contribution is 2.40. The molecule has 1 aliphatic heterocycles. The fourth-order valence-electron chi connectivity index (χ4n) is 1.61. The largest absolute Gasteiger partial charge is 0.417 e. The van der Waals surface area contributed by atoms with Gasteiger partial charge in [-0.05, 0) is 5.56 Å². The third kappa shape index (κ3) is 1.53. The number of hydrogen-bond acceptors (Lipinski definition) is 3. The second-order valence-corrected chi connectivity index (χ2v) is 4.19. The first-order valence-electron chi connectivity index (χ1n) is 4.14. The number of hydrogen-bond donors (Lipinski definition) is 2. The van der Waals surface area contributed by atoms with Crippen LogP contribution in [0.15, 0.2) is 5.38 Å². The Morgan fingerprint density at radius 2 is 2.21 bits per heavy atom. The van der Waals surface area contributed by atoms with Gasteiger partial charge in [-0.3, -0.25) is 0 Å². The molecule has 0 saturated heterocycles. The van der Waals surface area contributed by atoms with Crippen molar-refractivity contribution < 1.29 is 13.2 Å². The number of rotatable bonds is 0. The van der Waals surface area contributed by atoms with Gasteiger partial charge >= 0.3 is 6.18 Å². The van der Waals surface area contributed by atoms with E-state index in [4.69, 9.17) is 5.73 Å². The highest BCUT2D eigenvalue weighted by atomic mass is 32.1. The van der Waals surface area contributed by atoms with Gasteiger partial charge in [0.2, 0.25) is 0 Å². The van der Waals surface area contributed by atoms with E-state index in [1.165, 1.54) is 0 Å². The summed E-state index contributed by atoms with van der Waals surface area (Å²) >= 11 is 1.12. The first-order valence-corrected chi connectivity index (χ1v) is 5.02.